The maximum Gasteiger partial charge on any atom is 0.124 e. The summed E-state index contributed by atoms with van der Waals surface area (Å²) in [5, 5.41) is 0. The Morgan fingerprint density at radius 3 is 3.00 bits per heavy atom. The van der Waals surface area contributed by atoms with Gasteiger partial charge in [-0.25, -0.2) is 4.39 Å². The van der Waals surface area contributed by atoms with Gasteiger partial charge < -0.3 is 10.5 Å². The van der Waals surface area contributed by atoms with Crippen LogP contribution in [0, 0.1) is 17.7 Å². The molecule has 1 aliphatic rings. The number of nitrogens with two attached hydrogens (primary N) is 1. The molecule has 3 nitrogen and oxygen atoms in total. The molecule has 0 bridgehead atoms. The van der Waals surface area contributed by atoms with Crippen LogP contribution in [0.2, 0.25) is 0 Å². The van der Waals surface area contributed by atoms with Crippen LogP contribution in [-0.2, 0) is 11.3 Å². The lowest BCUT2D eigenvalue weighted by Gasteiger charge is -2.20. The SMILES string of the molecule is CN(Cc1cc(F)cc(C#CCN)c1)CC1CCCO1. The van der Waals surface area contributed by atoms with Crippen molar-refractivity contribution < 1.29 is 9.13 Å². The first-order valence-electron chi connectivity index (χ1n) is 6.96. The standard InChI is InChI=1S/C16H21FN2O/c1-19(12-16-5-3-7-20-16)11-14-8-13(4-2-6-18)9-15(17)10-14/h8-10,16H,3,5-7,11-12,18H2,1H3. The quantitative estimate of drug-likeness (QED) is 0.852. The molecule has 20 heavy (non-hydrogen) atoms. The molecule has 0 aliphatic carbocycles. The van der Waals surface area contributed by atoms with Crippen LogP contribution in [0.15, 0.2) is 18.2 Å². The van der Waals surface area contributed by atoms with Gasteiger partial charge >= 0.3 is 0 Å². The molecule has 1 heterocycles. The number of likely N-dealkylation sites (N-methyl/N-ethyl adjacent to an activating group) is 1. The lowest BCUT2D eigenvalue weighted by atomic mass is 10.1. The fourth-order valence-electron chi connectivity index (χ4n) is 2.48. The summed E-state index contributed by atoms with van der Waals surface area (Å²) in [6.07, 6.45) is 2.56. The zero-order valence-electron chi connectivity index (χ0n) is 11.9. The summed E-state index contributed by atoms with van der Waals surface area (Å²) in [7, 11) is 2.03. The molecule has 2 N–H and O–H groups in total. The molecule has 1 unspecified atom stereocenters. The Balaban J connectivity index is 1.98. The molecule has 0 amide bonds. The molecule has 1 fully saturated rings. The summed E-state index contributed by atoms with van der Waals surface area (Å²) in [6, 6.07) is 4.91. The Morgan fingerprint density at radius 1 is 1.45 bits per heavy atom. The summed E-state index contributed by atoms with van der Waals surface area (Å²) in [5.41, 5.74) is 6.93. The van der Waals surface area contributed by atoms with Crippen LogP contribution in [0.4, 0.5) is 4.39 Å². The van der Waals surface area contributed by atoms with Gasteiger partial charge in [0.1, 0.15) is 5.82 Å². The number of benzene rings is 1. The Morgan fingerprint density at radius 2 is 2.30 bits per heavy atom. The molecule has 2 rings (SSSR count). The first kappa shape index (κ1) is 15.0. The lowest BCUT2D eigenvalue weighted by Crippen LogP contribution is -2.28. The Hall–Kier alpha value is -1.41. The molecule has 1 aliphatic heterocycles. The molecule has 1 aromatic carbocycles. The smallest absolute Gasteiger partial charge is 0.124 e. The van der Waals surface area contributed by atoms with E-state index in [2.05, 4.69) is 16.7 Å². The molecule has 1 atom stereocenters. The second-order valence-electron chi connectivity index (χ2n) is 5.19. The predicted molar refractivity (Wildman–Crippen MR) is 77.6 cm³/mol. The Kier molecular flexibility index (Phi) is 5.54. The van der Waals surface area contributed by atoms with Gasteiger partial charge in [0.05, 0.1) is 12.6 Å². The Bertz CT molecular complexity index is 501. The average Bonchev–Trinajstić information content (AvgIpc) is 2.88. The van der Waals surface area contributed by atoms with E-state index in [1.807, 2.05) is 13.1 Å². The maximum atomic E-state index is 13.6. The van der Waals surface area contributed by atoms with Gasteiger partial charge in [-0.15, -0.1) is 0 Å². The van der Waals surface area contributed by atoms with Crippen LogP contribution in [-0.4, -0.2) is 37.7 Å². The van der Waals surface area contributed by atoms with Gasteiger partial charge in [-0.3, -0.25) is 4.90 Å². The van der Waals surface area contributed by atoms with Crippen molar-refractivity contribution >= 4 is 0 Å². The summed E-state index contributed by atoms with van der Waals surface area (Å²) in [5.74, 6) is 5.37. The predicted octanol–water partition coefficient (Wildman–Crippen LogP) is 1.75. The van der Waals surface area contributed by atoms with E-state index in [0.717, 1.165) is 31.6 Å². The minimum atomic E-state index is -0.255. The highest BCUT2D eigenvalue weighted by Crippen LogP contribution is 2.15. The van der Waals surface area contributed by atoms with Gasteiger partial charge in [-0.1, -0.05) is 11.8 Å². The monoisotopic (exact) mass is 276 g/mol. The molecule has 0 aromatic heterocycles. The molecule has 0 saturated carbocycles. The number of hydrogen-bond donors (Lipinski definition) is 1. The van der Waals surface area contributed by atoms with Crippen LogP contribution >= 0.6 is 0 Å². The van der Waals surface area contributed by atoms with Gasteiger partial charge in [-0.05, 0) is 43.7 Å². The molecule has 1 aromatic rings. The summed E-state index contributed by atoms with van der Waals surface area (Å²) < 4.78 is 19.2. The van der Waals surface area contributed by atoms with Gasteiger partial charge in [0, 0.05) is 25.3 Å². The van der Waals surface area contributed by atoms with E-state index in [4.69, 9.17) is 10.5 Å². The number of halogens is 1. The van der Waals surface area contributed by atoms with Crippen molar-refractivity contribution in [1.29, 1.82) is 0 Å². The van der Waals surface area contributed by atoms with Crippen molar-refractivity contribution in [1.82, 2.24) is 4.90 Å². The van der Waals surface area contributed by atoms with E-state index >= 15 is 0 Å². The van der Waals surface area contributed by atoms with Crippen molar-refractivity contribution in [3.63, 3.8) is 0 Å². The molecule has 0 radical (unpaired) electrons. The van der Waals surface area contributed by atoms with Crippen LogP contribution < -0.4 is 5.73 Å². The number of hydrogen-bond acceptors (Lipinski definition) is 3. The minimum absolute atomic E-state index is 0.255. The minimum Gasteiger partial charge on any atom is -0.377 e. The van der Waals surface area contributed by atoms with Crippen molar-refractivity contribution in [3.05, 3.63) is 35.1 Å². The van der Waals surface area contributed by atoms with Crippen LogP contribution in [0.1, 0.15) is 24.0 Å². The normalized spacial score (nSPS) is 18.1. The lowest BCUT2D eigenvalue weighted by molar-refractivity contribution is 0.0793. The van der Waals surface area contributed by atoms with Crippen molar-refractivity contribution in [2.24, 2.45) is 5.73 Å². The van der Waals surface area contributed by atoms with Crippen molar-refractivity contribution in [2.45, 2.75) is 25.5 Å². The van der Waals surface area contributed by atoms with Gasteiger partial charge in [0.15, 0.2) is 0 Å². The summed E-state index contributed by atoms with van der Waals surface area (Å²) >= 11 is 0. The van der Waals surface area contributed by atoms with Gasteiger partial charge in [0.25, 0.3) is 0 Å². The third kappa shape index (κ3) is 4.61. The molecule has 1 saturated heterocycles. The highest BCUT2D eigenvalue weighted by atomic mass is 19.1. The summed E-state index contributed by atoms with van der Waals surface area (Å²) in [4.78, 5) is 2.16. The third-order valence-corrected chi connectivity index (χ3v) is 3.28. The first-order chi connectivity index (χ1) is 9.67. The highest BCUT2D eigenvalue weighted by Gasteiger charge is 2.17. The third-order valence-electron chi connectivity index (χ3n) is 3.28. The van der Waals surface area contributed by atoms with E-state index in [-0.39, 0.29) is 12.4 Å². The number of nitrogens with zero attached hydrogens (tertiary/aromatic N) is 1. The zero-order valence-corrected chi connectivity index (χ0v) is 11.9. The van der Waals surface area contributed by atoms with Crippen LogP contribution in [0.25, 0.3) is 0 Å². The van der Waals surface area contributed by atoms with E-state index < -0.39 is 0 Å². The van der Waals surface area contributed by atoms with Crippen LogP contribution in [0.3, 0.4) is 0 Å². The number of ether oxygens (including phenoxy) is 1. The molecular formula is C16H21FN2O. The maximum absolute atomic E-state index is 13.6. The van der Waals surface area contributed by atoms with Gasteiger partial charge in [-0.2, -0.15) is 0 Å². The van der Waals surface area contributed by atoms with Crippen LogP contribution in [0.5, 0.6) is 0 Å². The number of rotatable bonds is 4. The molecule has 108 valence electrons. The van der Waals surface area contributed by atoms with E-state index in [1.54, 1.807) is 6.07 Å². The van der Waals surface area contributed by atoms with Crippen molar-refractivity contribution in [2.75, 3.05) is 26.7 Å². The van der Waals surface area contributed by atoms with Crippen molar-refractivity contribution in [3.8, 4) is 11.8 Å². The van der Waals surface area contributed by atoms with E-state index in [9.17, 15) is 4.39 Å². The molecular weight excluding hydrogens is 255 g/mol. The summed E-state index contributed by atoms with van der Waals surface area (Å²) in [6.45, 7) is 2.71. The fourth-order valence-corrected chi connectivity index (χ4v) is 2.48. The average molecular weight is 276 g/mol. The molecule has 0 spiro atoms. The zero-order chi connectivity index (χ0) is 14.4. The largest absolute Gasteiger partial charge is 0.377 e. The Labute approximate surface area is 119 Å². The second-order valence-corrected chi connectivity index (χ2v) is 5.19. The van der Waals surface area contributed by atoms with E-state index in [0.29, 0.717) is 18.2 Å². The first-order valence-corrected chi connectivity index (χ1v) is 6.96. The van der Waals surface area contributed by atoms with Gasteiger partial charge in [0.2, 0.25) is 0 Å². The fraction of sp³-hybridized carbons (Fsp3) is 0.500. The van der Waals surface area contributed by atoms with E-state index in [1.165, 1.54) is 6.07 Å². The second kappa shape index (κ2) is 7.39. The molecule has 4 heteroatoms. The highest BCUT2D eigenvalue weighted by molar-refractivity contribution is 5.38. The topological polar surface area (TPSA) is 38.5 Å².